The molecule has 1 N–H and O–H groups in total. The van der Waals surface area contributed by atoms with Crippen molar-refractivity contribution < 1.29 is 13.5 Å². The fourth-order valence-electron chi connectivity index (χ4n) is 2.31. The molecular weight excluding hydrogens is 286 g/mol. The number of hydrogen-bond donors (Lipinski definition) is 1. The number of aromatic nitrogens is 1. The second-order valence-corrected chi connectivity index (χ2v) is 4.94. The van der Waals surface area contributed by atoms with Crippen LogP contribution >= 0.6 is 0 Å². The van der Waals surface area contributed by atoms with Crippen LogP contribution in [0.25, 0.3) is 10.9 Å². The van der Waals surface area contributed by atoms with Gasteiger partial charge in [-0.2, -0.15) is 0 Å². The highest BCUT2D eigenvalue weighted by Gasteiger charge is 2.09. The van der Waals surface area contributed by atoms with E-state index in [4.69, 9.17) is 4.74 Å². The summed E-state index contributed by atoms with van der Waals surface area (Å²) in [7, 11) is 1.57. The van der Waals surface area contributed by atoms with Gasteiger partial charge >= 0.3 is 0 Å². The highest BCUT2D eigenvalue weighted by molar-refractivity contribution is 5.94. The number of hydrogen-bond acceptors (Lipinski definition) is 3. The monoisotopic (exact) mass is 300 g/mol. The maximum absolute atomic E-state index is 13.8. The number of fused-ring (bicyclic) bond motifs is 1. The van der Waals surface area contributed by atoms with Gasteiger partial charge in [-0.1, -0.05) is 0 Å². The van der Waals surface area contributed by atoms with Crippen LogP contribution in [0.4, 0.5) is 20.2 Å². The zero-order valence-electron chi connectivity index (χ0n) is 12.2. The molecule has 0 spiro atoms. The molecule has 5 heteroatoms. The predicted molar refractivity (Wildman–Crippen MR) is 82.7 cm³/mol. The summed E-state index contributed by atoms with van der Waals surface area (Å²) < 4.78 is 32.4. The highest BCUT2D eigenvalue weighted by Crippen LogP contribution is 2.30. The molecule has 0 aliphatic carbocycles. The molecule has 1 heterocycles. The van der Waals surface area contributed by atoms with Crippen LogP contribution in [0.15, 0.2) is 42.5 Å². The molecule has 3 aromatic rings. The van der Waals surface area contributed by atoms with E-state index in [1.807, 2.05) is 13.0 Å². The van der Waals surface area contributed by atoms with Crippen LogP contribution in [0.2, 0.25) is 0 Å². The van der Waals surface area contributed by atoms with Gasteiger partial charge in [-0.15, -0.1) is 0 Å². The van der Waals surface area contributed by atoms with Gasteiger partial charge in [-0.05, 0) is 43.3 Å². The summed E-state index contributed by atoms with van der Waals surface area (Å²) in [5.41, 5.74) is 2.25. The maximum Gasteiger partial charge on any atom is 0.146 e. The lowest BCUT2D eigenvalue weighted by Gasteiger charge is -2.12. The minimum absolute atomic E-state index is 0.0784. The van der Waals surface area contributed by atoms with Gasteiger partial charge in [-0.25, -0.2) is 8.78 Å². The van der Waals surface area contributed by atoms with Crippen molar-refractivity contribution in [1.82, 2.24) is 4.98 Å². The van der Waals surface area contributed by atoms with Gasteiger partial charge in [0.1, 0.15) is 17.4 Å². The van der Waals surface area contributed by atoms with E-state index in [0.29, 0.717) is 11.4 Å². The lowest BCUT2D eigenvalue weighted by atomic mass is 10.1. The summed E-state index contributed by atoms with van der Waals surface area (Å²) in [4.78, 5) is 4.43. The van der Waals surface area contributed by atoms with E-state index < -0.39 is 11.6 Å². The zero-order valence-corrected chi connectivity index (χ0v) is 12.2. The third kappa shape index (κ3) is 2.70. The molecule has 0 aliphatic rings. The molecular formula is C17H14F2N2O. The summed E-state index contributed by atoms with van der Waals surface area (Å²) in [5, 5.41) is 3.71. The molecule has 22 heavy (non-hydrogen) atoms. The van der Waals surface area contributed by atoms with E-state index in [9.17, 15) is 8.78 Å². The van der Waals surface area contributed by atoms with Crippen LogP contribution in [0.1, 0.15) is 5.69 Å². The molecule has 3 rings (SSSR count). The highest BCUT2D eigenvalue weighted by atomic mass is 19.1. The number of pyridine rings is 1. The molecule has 0 atom stereocenters. The molecule has 0 saturated heterocycles. The van der Waals surface area contributed by atoms with Crippen molar-refractivity contribution in [3.05, 3.63) is 59.8 Å². The topological polar surface area (TPSA) is 34.1 Å². The van der Waals surface area contributed by atoms with Crippen LogP contribution in [-0.4, -0.2) is 12.1 Å². The second-order valence-electron chi connectivity index (χ2n) is 4.94. The average molecular weight is 300 g/mol. The normalized spacial score (nSPS) is 10.7. The van der Waals surface area contributed by atoms with Crippen LogP contribution < -0.4 is 10.1 Å². The summed E-state index contributed by atoms with van der Waals surface area (Å²) in [6.07, 6.45) is 0. The van der Waals surface area contributed by atoms with E-state index in [0.717, 1.165) is 34.8 Å². The Labute approximate surface area is 126 Å². The van der Waals surface area contributed by atoms with E-state index in [-0.39, 0.29) is 5.69 Å². The van der Waals surface area contributed by atoms with Crippen LogP contribution in [0, 0.1) is 18.6 Å². The molecule has 0 unspecified atom stereocenters. The van der Waals surface area contributed by atoms with E-state index >= 15 is 0 Å². The van der Waals surface area contributed by atoms with Crippen molar-refractivity contribution in [2.45, 2.75) is 6.92 Å². The van der Waals surface area contributed by atoms with Crippen molar-refractivity contribution in [2.75, 3.05) is 12.4 Å². The van der Waals surface area contributed by atoms with Gasteiger partial charge < -0.3 is 10.1 Å². The van der Waals surface area contributed by atoms with Gasteiger partial charge in [0.05, 0.1) is 18.3 Å². The Kier molecular flexibility index (Phi) is 3.63. The first kappa shape index (κ1) is 14.3. The van der Waals surface area contributed by atoms with Crippen LogP contribution in [0.3, 0.4) is 0 Å². The Morgan fingerprint density at radius 2 is 1.82 bits per heavy atom. The number of halogens is 2. The first-order valence-electron chi connectivity index (χ1n) is 6.74. The summed E-state index contributed by atoms with van der Waals surface area (Å²) in [5.74, 6) is -0.357. The Balaban J connectivity index is 2.14. The van der Waals surface area contributed by atoms with E-state index in [1.165, 1.54) is 0 Å². The van der Waals surface area contributed by atoms with E-state index in [2.05, 4.69) is 10.3 Å². The minimum atomic E-state index is -0.521. The molecule has 0 saturated carbocycles. The van der Waals surface area contributed by atoms with Crippen molar-refractivity contribution >= 4 is 22.3 Å². The van der Waals surface area contributed by atoms with Crippen LogP contribution in [-0.2, 0) is 0 Å². The van der Waals surface area contributed by atoms with Crippen molar-refractivity contribution in [1.29, 1.82) is 0 Å². The molecule has 3 nitrogen and oxygen atoms in total. The third-order valence-electron chi connectivity index (χ3n) is 3.34. The number of nitrogens with one attached hydrogen (secondary N) is 1. The first-order chi connectivity index (χ1) is 10.6. The molecule has 0 fully saturated rings. The standard InChI is InChI=1S/C17H14F2N2O/c1-10-7-16(21-17-8-11(18)3-5-14(17)19)13-9-12(22-2)4-6-15(13)20-10/h3-9H,1-2H3,(H,20,21). The predicted octanol–water partition coefficient (Wildman–Crippen LogP) is 4.57. The number of benzene rings is 2. The van der Waals surface area contributed by atoms with Crippen molar-refractivity contribution in [3.8, 4) is 5.75 Å². The largest absolute Gasteiger partial charge is 0.497 e. The van der Waals surface area contributed by atoms with E-state index in [1.54, 1.807) is 25.3 Å². The number of rotatable bonds is 3. The van der Waals surface area contributed by atoms with Gasteiger partial charge in [-0.3, -0.25) is 4.98 Å². The van der Waals surface area contributed by atoms with Gasteiger partial charge in [0.15, 0.2) is 0 Å². The number of ether oxygens (including phenoxy) is 1. The molecule has 0 aliphatic heterocycles. The Morgan fingerprint density at radius 3 is 2.59 bits per heavy atom. The quantitative estimate of drug-likeness (QED) is 0.769. The lowest BCUT2D eigenvalue weighted by molar-refractivity contribution is 0.415. The summed E-state index contributed by atoms with van der Waals surface area (Å²) in [6, 6.07) is 10.5. The Hall–Kier alpha value is -2.69. The average Bonchev–Trinajstić information content (AvgIpc) is 2.50. The smallest absolute Gasteiger partial charge is 0.146 e. The SMILES string of the molecule is COc1ccc2nc(C)cc(Nc3cc(F)ccc3F)c2c1. The Morgan fingerprint density at radius 1 is 1.00 bits per heavy atom. The fourth-order valence-corrected chi connectivity index (χ4v) is 2.31. The van der Waals surface area contributed by atoms with Crippen molar-refractivity contribution in [2.24, 2.45) is 0 Å². The van der Waals surface area contributed by atoms with Gasteiger partial charge in [0.2, 0.25) is 0 Å². The van der Waals surface area contributed by atoms with Crippen LogP contribution in [0.5, 0.6) is 5.75 Å². The first-order valence-corrected chi connectivity index (χ1v) is 6.74. The second kappa shape index (κ2) is 5.60. The molecule has 112 valence electrons. The molecule has 0 amide bonds. The lowest BCUT2D eigenvalue weighted by Crippen LogP contribution is -1.98. The molecule has 0 radical (unpaired) electrons. The van der Waals surface area contributed by atoms with Crippen molar-refractivity contribution in [3.63, 3.8) is 0 Å². The molecule has 0 bridgehead atoms. The summed E-state index contributed by atoms with van der Waals surface area (Å²) in [6.45, 7) is 1.84. The molecule has 1 aromatic heterocycles. The number of nitrogens with zero attached hydrogens (tertiary/aromatic N) is 1. The number of methoxy groups -OCH3 is 1. The Bertz CT molecular complexity index is 849. The number of aryl methyl sites for hydroxylation is 1. The van der Waals surface area contributed by atoms with Gasteiger partial charge in [0.25, 0.3) is 0 Å². The maximum atomic E-state index is 13.8. The third-order valence-corrected chi connectivity index (χ3v) is 3.34. The fraction of sp³-hybridized carbons (Fsp3) is 0.118. The number of anilines is 2. The zero-order chi connectivity index (χ0) is 15.7. The summed E-state index contributed by atoms with van der Waals surface area (Å²) >= 11 is 0. The van der Waals surface area contributed by atoms with Gasteiger partial charge in [0, 0.05) is 22.8 Å². The molecule has 2 aromatic carbocycles. The minimum Gasteiger partial charge on any atom is -0.497 e.